The third-order valence-corrected chi connectivity index (χ3v) is 3.43. The van der Waals surface area contributed by atoms with Crippen molar-refractivity contribution in [1.82, 2.24) is 10.2 Å². The van der Waals surface area contributed by atoms with Crippen LogP contribution in [0.5, 0.6) is 0 Å². The van der Waals surface area contributed by atoms with Crippen molar-refractivity contribution in [1.29, 1.82) is 0 Å². The number of halogens is 1. The summed E-state index contributed by atoms with van der Waals surface area (Å²) in [5.74, 6) is 0.192. The van der Waals surface area contributed by atoms with Crippen LogP contribution in [-0.2, 0) is 11.2 Å². The number of hydrogen-bond donors (Lipinski definition) is 1. The Morgan fingerprint density at radius 2 is 1.83 bits per heavy atom. The van der Waals surface area contributed by atoms with Crippen LogP contribution in [0.15, 0.2) is 24.3 Å². The first kappa shape index (κ1) is 13.4. The third-order valence-electron chi connectivity index (χ3n) is 3.18. The van der Waals surface area contributed by atoms with Gasteiger partial charge in [0.1, 0.15) is 0 Å². The second kappa shape index (κ2) is 5.72. The SMILES string of the molecule is C[C@@H]1CN(C(=O)Cc2ccc(Cl)cc2)C[C@H](C)N1. The predicted octanol–water partition coefficient (Wildman–Crippen LogP) is 2.09. The second-order valence-electron chi connectivity index (χ2n) is 5.07. The summed E-state index contributed by atoms with van der Waals surface area (Å²) >= 11 is 5.83. The minimum Gasteiger partial charge on any atom is -0.339 e. The molecule has 1 fully saturated rings. The van der Waals surface area contributed by atoms with Crippen molar-refractivity contribution in [2.24, 2.45) is 0 Å². The standard InChI is InChI=1S/C14H19ClN2O/c1-10-8-17(9-11(2)16-10)14(18)7-12-3-5-13(15)6-4-12/h3-6,10-11,16H,7-9H2,1-2H3/t10-,11+. The maximum atomic E-state index is 12.2. The minimum atomic E-state index is 0.192. The van der Waals surface area contributed by atoms with Gasteiger partial charge in [0, 0.05) is 30.2 Å². The average Bonchev–Trinajstić information content (AvgIpc) is 2.31. The minimum absolute atomic E-state index is 0.192. The predicted molar refractivity (Wildman–Crippen MR) is 73.8 cm³/mol. The fraction of sp³-hybridized carbons (Fsp3) is 0.500. The molecule has 1 amide bonds. The van der Waals surface area contributed by atoms with E-state index in [2.05, 4.69) is 19.2 Å². The topological polar surface area (TPSA) is 32.3 Å². The van der Waals surface area contributed by atoms with E-state index in [0.717, 1.165) is 18.7 Å². The lowest BCUT2D eigenvalue weighted by Crippen LogP contribution is -2.56. The van der Waals surface area contributed by atoms with Gasteiger partial charge in [-0.2, -0.15) is 0 Å². The number of carbonyl (C=O) groups is 1. The number of nitrogens with zero attached hydrogens (tertiary/aromatic N) is 1. The van der Waals surface area contributed by atoms with Crippen molar-refractivity contribution >= 4 is 17.5 Å². The van der Waals surface area contributed by atoms with Gasteiger partial charge in [-0.3, -0.25) is 4.79 Å². The second-order valence-corrected chi connectivity index (χ2v) is 5.51. The van der Waals surface area contributed by atoms with Gasteiger partial charge in [-0.05, 0) is 31.5 Å². The molecule has 3 nitrogen and oxygen atoms in total. The summed E-state index contributed by atoms with van der Waals surface area (Å²) in [5, 5.41) is 4.13. The molecular weight excluding hydrogens is 248 g/mol. The van der Waals surface area contributed by atoms with Crippen molar-refractivity contribution in [2.75, 3.05) is 13.1 Å². The molecule has 2 atom stereocenters. The number of nitrogens with one attached hydrogen (secondary N) is 1. The van der Waals surface area contributed by atoms with Crippen LogP contribution in [-0.4, -0.2) is 36.0 Å². The lowest BCUT2D eigenvalue weighted by Gasteiger charge is -2.36. The molecule has 0 bridgehead atoms. The summed E-state index contributed by atoms with van der Waals surface area (Å²) in [6.07, 6.45) is 0.455. The Balaban J connectivity index is 1.97. The highest BCUT2D eigenvalue weighted by Crippen LogP contribution is 2.12. The maximum absolute atomic E-state index is 12.2. The van der Waals surface area contributed by atoms with Gasteiger partial charge in [0.05, 0.1) is 6.42 Å². The van der Waals surface area contributed by atoms with Crippen LogP contribution < -0.4 is 5.32 Å². The van der Waals surface area contributed by atoms with Gasteiger partial charge in [0.15, 0.2) is 0 Å². The van der Waals surface area contributed by atoms with Crippen LogP contribution in [0, 0.1) is 0 Å². The zero-order chi connectivity index (χ0) is 13.1. The van der Waals surface area contributed by atoms with E-state index in [1.807, 2.05) is 29.2 Å². The van der Waals surface area contributed by atoms with E-state index in [1.165, 1.54) is 0 Å². The largest absolute Gasteiger partial charge is 0.339 e. The molecule has 18 heavy (non-hydrogen) atoms. The fourth-order valence-electron chi connectivity index (χ4n) is 2.42. The lowest BCUT2D eigenvalue weighted by molar-refractivity contribution is -0.132. The molecule has 1 N–H and O–H groups in total. The highest BCUT2D eigenvalue weighted by Gasteiger charge is 2.24. The molecule has 0 aromatic heterocycles. The summed E-state index contributed by atoms with van der Waals surface area (Å²) in [6, 6.07) is 8.20. The van der Waals surface area contributed by atoms with Gasteiger partial charge >= 0.3 is 0 Å². The number of hydrogen-bond acceptors (Lipinski definition) is 2. The molecule has 1 saturated heterocycles. The zero-order valence-electron chi connectivity index (χ0n) is 10.8. The van der Waals surface area contributed by atoms with Crippen molar-refractivity contribution in [3.05, 3.63) is 34.9 Å². The molecule has 1 aliphatic rings. The van der Waals surface area contributed by atoms with E-state index in [-0.39, 0.29) is 5.91 Å². The van der Waals surface area contributed by atoms with E-state index in [4.69, 9.17) is 11.6 Å². The summed E-state index contributed by atoms with van der Waals surface area (Å²) < 4.78 is 0. The molecule has 1 aromatic rings. The molecule has 98 valence electrons. The van der Waals surface area contributed by atoms with Crippen molar-refractivity contribution in [3.63, 3.8) is 0 Å². The Hall–Kier alpha value is -1.06. The summed E-state index contributed by atoms with van der Waals surface area (Å²) in [4.78, 5) is 14.2. The van der Waals surface area contributed by atoms with Crippen LogP contribution in [0.4, 0.5) is 0 Å². The van der Waals surface area contributed by atoms with Crippen LogP contribution in [0.2, 0.25) is 5.02 Å². The van der Waals surface area contributed by atoms with Gasteiger partial charge in [0.25, 0.3) is 0 Å². The normalized spacial score (nSPS) is 24.1. The molecule has 0 spiro atoms. The van der Waals surface area contributed by atoms with Crippen molar-refractivity contribution in [3.8, 4) is 0 Å². The molecule has 0 unspecified atom stereocenters. The summed E-state index contributed by atoms with van der Waals surface area (Å²) in [5.41, 5.74) is 1.02. The number of carbonyl (C=O) groups excluding carboxylic acids is 1. The van der Waals surface area contributed by atoms with E-state index < -0.39 is 0 Å². The number of rotatable bonds is 2. The quantitative estimate of drug-likeness (QED) is 0.889. The van der Waals surface area contributed by atoms with Crippen LogP contribution in [0.1, 0.15) is 19.4 Å². The van der Waals surface area contributed by atoms with Gasteiger partial charge < -0.3 is 10.2 Å². The Bertz CT molecular complexity index is 408. The first-order valence-electron chi connectivity index (χ1n) is 6.33. The Labute approximate surface area is 113 Å². The van der Waals surface area contributed by atoms with Gasteiger partial charge in [-0.15, -0.1) is 0 Å². The average molecular weight is 267 g/mol. The van der Waals surface area contributed by atoms with Crippen molar-refractivity contribution in [2.45, 2.75) is 32.4 Å². The van der Waals surface area contributed by atoms with E-state index in [9.17, 15) is 4.79 Å². The number of amides is 1. The van der Waals surface area contributed by atoms with Crippen molar-refractivity contribution < 1.29 is 4.79 Å². The van der Waals surface area contributed by atoms with Gasteiger partial charge in [-0.1, -0.05) is 23.7 Å². The molecule has 0 aliphatic carbocycles. The highest BCUT2D eigenvalue weighted by molar-refractivity contribution is 6.30. The lowest BCUT2D eigenvalue weighted by atomic mass is 10.1. The maximum Gasteiger partial charge on any atom is 0.227 e. The number of piperazine rings is 1. The Morgan fingerprint density at radius 1 is 1.28 bits per heavy atom. The molecule has 0 saturated carbocycles. The number of benzene rings is 1. The Morgan fingerprint density at radius 3 is 2.39 bits per heavy atom. The molecule has 1 heterocycles. The summed E-state index contributed by atoms with van der Waals surface area (Å²) in [6.45, 7) is 5.80. The van der Waals surface area contributed by atoms with E-state index >= 15 is 0 Å². The molecule has 0 radical (unpaired) electrons. The first-order valence-corrected chi connectivity index (χ1v) is 6.70. The van der Waals surface area contributed by atoms with Gasteiger partial charge in [-0.25, -0.2) is 0 Å². The van der Waals surface area contributed by atoms with Crippen LogP contribution >= 0.6 is 11.6 Å². The van der Waals surface area contributed by atoms with E-state index in [0.29, 0.717) is 23.5 Å². The van der Waals surface area contributed by atoms with E-state index in [1.54, 1.807) is 0 Å². The smallest absolute Gasteiger partial charge is 0.227 e. The molecule has 1 aromatic carbocycles. The Kier molecular flexibility index (Phi) is 4.25. The first-order chi connectivity index (χ1) is 8.54. The molecule has 2 rings (SSSR count). The van der Waals surface area contributed by atoms with Crippen LogP contribution in [0.25, 0.3) is 0 Å². The molecular formula is C14H19ClN2O. The monoisotopic (exact) mass is 266 g/mol. The highest BCUT2D eigenvalue weighted by atomic mass is 35.5. The van der Waals surface area contributed by atoms with Crippen LogP contribution in [0.3, 0.4) is 0 Å². The van der Waals surface area contributed by atoms with Gasteiger partial charge in [0.2, 0.25) is 5.91 Å². The zero-order valence-corrected chi connectivity index (χ0v) is 11.6. The molecule has 1 aliphatic heterocycles. The fourth-order valence-corrected chi connectivity index (χ4v) is 2.55. The summed E-state index contributed by atoms with van der Waals surface area (Å²) in [7, 11) is 0. The third kappa shape index (κ3) is 3.47. The molecule has 4 heteroatoms.